The van der Waals surface area contributed by atoms with Gasteiger partial charge < -0.3 is 10.0 Å². The summed E-state index contributed by atoms with van der Waals surface area (Å²) in [4.78, 5) is 41.3. The summed E-state index contributed by atoms with van der Waals surface area (Å²) in [5.74, 6) is 1.17. The van der Waals surface area contributed by atoms with E-state index in [1.54, 1.807) is 24.1 Å². The molecule has 0 bridgehead atoms. The number of carbonyl (C=O) groups is 3. The lowest BCUT2D eigenvalue weighted by atomic mass is 9.35. The van der Waals surface area contributed by atoms with Crippen molar-refractivity contribution in [3.63, 3.8) is 0 Å². The van der Waals surface area contributed by atoms with E-state index < -0.39 is 33.5 Å². The molecule has 3 saturated carbocycles. The van der Waals surface area contributed by atoms with Crippen LogP contribution in [-0.4, -0.2) is 40.8 Å². The van der Waals surface area contributed by atoms with Crippen LogP contribution in [0, 0.1) is 62.6 Å². The molecule has 0 aromatic carbocycles. The minimum Gasteiger partial charge on any atom is -0.481 e. The van der Waals surface area contributed by atoms with E-state index in [2.05, 4.69) is 33.6 Å². The summed E-state index contributed by atoms with van der Waals surface area (Å²) in [7, 11) is 1.69. The Kier molecular flexibility index (Phi) is 5.06. The monoisotopic (exact) mass is 488 g/mol. The van der Waals surface area contributed by atoms with E-state index in [9.17, 15) is 24.8 Å². The van der Waals surface area contributed by atoms with Crippen molar-refractivity contribution in [1.82, 2.24) is 4.90 Å². The standard InChI is InChI=1S/C30H36N2O4/c1-7-29-15-18(17-31)24(34)32(6)22(29)8-9-27(4)21(29)14-20(33)23-19-16-26(2,3)10-12-30(19,25(35)36)13-11-28(23,27)5/h1,14-15,19,22-23H,8-13,16H2,2-6H3,(H,35,36)/t19-,22+,23-,27+,28+,29+,30-/m0/s1. The van der Waals surface area contributed by atoms with Crippen LogP contribution in [0.1, 0.15) is 72.6 Å². The Labute approximate surface area is 213 Å². The first kappa shape index (κ1) is 24.8. The second-order valence-corrected chi connectivity index (χ2v) is 13.3. The molecule has 5 rings (SSSR count). The first-order valence-electron chi connectivity index (χ1n) is 13.1. The van der Waals surface area contributed by atoms with Crippen LogP contribution in [0.2, 0.25) is 0 Å². The number of hydrogen-bond acceptors (Lipinski definition) is 4. The van der Waals surface area contributed by atoms with Crippen molar-refractivity contribution in [3.05, 3.63) is 23.3 Å². The van der Waals surface area contributed by atoms with E-state index in [1.165, 1.54) is 0 Å². The lowest BCUT2D eigenvalue weighted by Gasteiger charge is -2.67. The van der Waals surface area contributed by atoms with Crippen molar-refractivity contribution in [1.29, 1.82) is 5.26 Å². The van der Waals surface area contributed by atoms with Gasteiger partial charge in [-0.25, -0.2) is 0 Å². The molecule has 6 heteroatoms. The highest BCUT2D eigenvalue weighted by Crippen LogP contribution is 2.72. The fourth-order valence-corrected chi connectivity index (χ4v) is 9.09. The molecule has 0 unspecified atom stereocenters. The number of ketones is 1. The van der Waals surface area contributed by atoms with Gasteiger partial charge in [0.25, 0.3) is 5.91 Å². The summed E-state index contributed by atoms with van der Waals surface area (Å²) < 4.78 is 0. The fourth-order valence-electron chi connectivity index (χ4n) is 9.09. The number of aliphatic carboxylic acids is 1. The number of likely N-dealkylation sites (N-methyl/N-ethyl adjacent to an activating group) is 1. The predicted octanol–water partition coefficient (Wildman–Crippen LogP) is 4.52. The molecule has 0 aromatic rings. The van der Waals surface area contributed by atoms with Crippen LogP contribution < -0.4 is 0 Å². The number of carbonyl (C=O) groups excluding carboxylic acids is 2. The van der Waals surface area contributed by atoms with Crippen LogP contribution in [0.3, 0.4) is 0 Å². The second kappa shape index (κ2) is 7.34. The Bertz CT molecular complexity index is 1230. The van der Waals surface area contributed by atoms with Crippen LogP contribution in [0.25, 0.3) is 0 Å². The summed E-state index contributed by atoms with van der Waals surface area (Å²) in [6.07, 6.45) is 14.3. The fraction of sp³-hybridized carbons (Fsp3) is 0.667. The van der Waals surface area contributed by atoms with Gasteiger partial charge in [0.2, 0.25) is 0 Å². The third kappa shape index (κ3) is 2.77. The van der Waals surface area contributed by atoms with E-state index in [-0.39, 0.29) is 34.6 Å². The van der Waals surface area contributed by atoms with Crippen molar-refractivity contribution >= 4 is 17.7 Å². The van der Waals surface area contributed by atoms with Gasteiger partial charge >= 0.3 is 5.97 Å². The number of rotatable bonds is 1. The number of amides is 1. The van der Waals surface area contributed by atoms with Crippen molar-refractivity contribution in [2.75, 3.05) is 7.05 Å². The molecular weight excluding hydrogens is 452 g/mol. The van der Waals surface area contributed by atoms with Gasteiger partial charge in [-0.1, -0.05) is 33.6 Å². The molecule has 5 aliphatic rings. The molecule has 3 fully saturated rings. The Balaban J connectivity index is 1.73. The van der Waals surface area contributed by atoms with Gasteiger partial charge in [-0.15, -0.1) is 6.42 Å². The van der Waals surface area contributed by atoms with Crippen molar-refractivity contribution in [2.24, 2.45) is 38.9 Å². The van der Waals surface area contributed by atoms with Gasteiger partial charge in [0.15, 0.2) is 5.78 Å². The molecule has 1 amide bonds. The molecule has 0 spiro atoms. The smallest absolute Gasteiger partial charge is 0.309 e. The maximum absolute atomic E-state index is 14.2. The minimum atomic E-state index is -1.03. The number of nitrogens with zero attached hydrogens (tertiary/aromatic N) is 2. The Morgan fingerprint density at radius 1 is 1.14 bits per heavy atom. The van der Waals surface area contributed by atoms with Gasteiger partial charge in [0.1, 0.15) is 11.6 Å². The molecular formula is C30H36N2O4. The average molecular weight is 489 g/mol. The van der Waals surface area contributed by atoms with Gasteiger partial charge in [-0.3, -0.25) is 14.4 Å². The highest BCUT2D eigenvalue weighted by atomic mass is 16.4. The number of carboxylic acid groups (broad SMARTS) is 1. The zero-order valence-electron chi connectivity index (χ0n) is 22.0. The zero-order valence-corrected chi connectivity index (χ0v) is 22.0. The summed E-state index contributed by atoms with van der Waals surface area (Å²) in [5, 5.41) is 20.2. The predicted molar refractivity (Wildman–Crippen MR) is 134 cm³/mol. The molecule has 190 valence electrons. The summed E-state index contributed by atoms with van der Waals surface area (Å²) in [6, 6.07) is 1.70. The number of terminal acetylenes is 1. The Hall–Kier alpha value is -2.86. The van der Waals surface area contributed by atoms with Crippen LogP contribution in [-0.2, 0) is 14.4 Å². The largest absolute Gasteiger partial charge is 0.481 e. The number of hydrogen-bond donors (Lipinski definition) is 1. The van der Waals surface area contributed by atoms with Crippen LogP contribution in [0.4, 0.5) is 0 Å². The lowest BCUT2D eigenvalue weighted by molar-refractivity contribution is -0.187. The molecule has 1 heterocycles. The number of nitriles is 1. The van der Waals surface area contributed by atoms with E-state index in [1.807, 2.05) is 6.07 Å². The topological polar surface area (TPSA) is 98.5 Å². The van der Waals surface area contributed by atoms with E-state index in [0.717, 1.165) is 18.4 Å². The van der Waals surface area contributed by atoms with Crippen LogP contribution >= 0.6 is 0 Å². The average Bonchev–Trinajstić information content (AvgIpc) is 2.81. The number of fused-ring (bicyclic) bond motifs is 7. The first-order valence-corrected chi connectivity index (χ1v) is 13.1. The van der Waals surface area contributed by atoms with Gasteiger partial charge in [-0.2, -0.15) is 5.26 Å². The van der Waals surface area contributed by atoms with E-state index >= 15 is 0 Å². The van der Waals surface area contributed by atoms with Crippen molar-refractivity contribution < 1.29 is 19.5 Å². The van der Waals surface area contributed by atoms with E-state index in [4.69, 9.17) is 6.42 Å². The van der Waals surface area contributed by atoms with Crippen molar-refractivity contribution in [3.8, 4) is 18.4 Å². The zero-order chi connectivity index (χ0) is 26.5. The van der Waals surface area contributed by atoms with Gasteiger partial charge in [-0.05, 0) is 84.8 Å². The van der Waals surface area contributed by atoms with Gasteiger partial charge in [0.05, 0.1) is 16.9 Å². The Morgan fingerprint density at radius 3 is 2.42 bits per heavy atom. The molecule has 1 aliphatic heterocycles. The molecule has 4 aliphatic carbocycles. The second-order valence-electron chi connectivity index (χ2n) is 13.3. The summed E-state index contributed by atoms with van der Waals surface area (Å²) in [6.45, 7) is 8.73. The highest BCUT2D eigenvalue weighted by molar-refractivity contribution is 6.00. The van der Waals surface area contributed by atoms with E-state index in [0.29, 0.717) is 32.1 Å². The van der Waals surface area contributed by atoms with Crippen molar-refractivity contribution in [2.45, 2.75) is 78.7 Å². The SMILES string of the molecule is C#C[C@]12C=C(C#N)C(=O)N(C)[C@@H]1CC[C@]1(C)C2=CC(=O)[C@@H]2[C@@H]3CC(C)(C)CC[C@]3(C(=O)O)CC[C@]21C. The molecule has 1 N–H and O–H groups in total. The molecule has 0 aromatic heterocycles. The normalized spacial score (nSPS) is 45.0. The minimum absolute atomic E-state index is 0.0131. The number of allylic oxidation sites excluding steroid dienone is 1. The molecule has 0 saturated heterocycles. The van der Waals surface area contributed by atoms with Crippen LogP contribution in [0.15, 0.2) is 23.3 Å². The third-order valence-corrected chi connectivity index (χ3v) is 11.4. The quantitative estimate of drug-likeness (QED) is 0.547. The lowest BCUT2D eigenvalue weighted by Crippen LogP contribution is -2.67. The molecule has 6 nitrogen and oxygen atoms in total. The highest BCUT2D eigenvalue weighted by Gasteiger charge is 2.70. The Morgan fingerprint density at radius 2 is 1.81 bits per heavy atom. The molecule has 7 atom stereocenters. The van der Waals surface area contributed by atoms with Crippen LogP contribution in [0.5, 0.6) is 0 Å². The summed E-state index contributed by atoms with van der Waals surface area (Å²) >= 11 is 0. The first-order chi connectivity index (χ1) is 16.7. The molecule has 36 heavy (non-hydrogen) atoms. The third-order valence-electron chi connectivity index (χ3n) is 11.4. The number of carboxylic acids is 1. The van der Waals surface area contributed by atoms with Gasteiger partial charge in [0, 0.05) is 13.0 Å². The maximum atomic E-state index is 14.2. The summed E-state index contributed by atoms with van der Waals surface area (Å²) in [5.41, 5.74) is -2.02. The maximum Gasteiger partial charge on any atom is 0.309 e. The molecule has 0 radical (unpaired) electrons.